The van der Waals surface area contributed by atoms with Crippen molar-refractivity contribution in [1.29, 1.82) is 0 Å². The number of aromatic nitrogens is 2. The van der Waals surface area contributed by atoms with Crippen molar-refractivity contribution in [3.8, 4) is 11.6 Å². The highest BCUT2D eigenvalue weighted by atomic mass is 35.5. The molecule has 1 aromatic heterocycles. The Labute approximate surface area is 235 Å². The van der Waals surface area contributed by atoms with E-state index < -0.39 is 27.5 Å². The fourth-order valence-corrected chi connectivity index (χ4v) is 6.81. The third-order valence-electron chi connectivity index (χ3n) is 6.50. The maximum atomic E-state index is 13.5. The molecule has 0 aliphatic carbocycles. The number of hydrazine groups is 1. The van der Waals surface area contributed by atoms with Gasteiger partial charge >= 0.3 is 6.09 Å². The second kappa shape index (κ2) is 11.3. The van der Waals surface area contributed by atoms with Crippen LogP contribution in [-0.4, -0.2) is 61.4 Å². The molecule has 2 aliphatic rings. The first-order chi connectivity index (χ1) is 18.6. The molecule has 3 aromatic rings. The van der Waals surface area contributed by atoms with Crippen molar-refractivity contribution >= 4 is 50.8 Å². The van der Waals surface area contributed by atoms with Crippen LogP contribution in [-0.2, 0) is 20.3 Å². The molecule has 5 rings (SSSR count). The Kier molecular flexibility index (Phi) is 7.97. The highest BCUT2D eigenvalue weighted by Gasteiger charge is 2.35. The molecule has 0 bridgehead atoms. The maximum Gasteiger partial charge on any atom is 0.428 e. The van der Waals surface area contributed by atoms with E-state index in [1.165, 1.54) is 35.0 Å². The van der Waals surface area contributed by atoms with Crippen LogP contribution in [0.5, 0.6) is 5.88 Å². The van der Waals surface area contributed by atoms with Gasteiger partial charge in [-0.15, -0.1) is 5.10 Å². The lowest BCUT2D eigenvalue weighted by molar-refractivity contribution is 0.0811. The minimum absolute atomic E-state index is 0.00693. The first kappa shape index (κ1) is 27.6. The predicted molar refractivity (Wildman–Crippen MR) is 146 cm³/mol. The van der Waals surface area contributed by atoms with Gasteiger partial charge in [-0.05, 0) is 60.4 Å². The second-order valence-electron chi connectivity index (χ2n) is 9.34. The van der Waals surface area contributed by atoms with Gasteiger partial charge in [0, 0.05) is 18.7 Å². The number of carbonyl (C=O) groups is 1. The third kappa shape index (κ3) is 6.12. The van der Waals surface area contributed by atoms with Crippen LogP contribution >= 0.6 is 23.2 Å². The van der Waals surface area contributed by atoms with Crippen molar-refractivity contribution in [2.75, 3.05) is 26.0 Å². The number of benzene rings is 2. The molecule has 3 heterocycles. The summed E-state index contributed by atoms with van der Waals surface area (Å²) >= 11 is 12.6. The maximum absolute atomic E-state index is 13.5. The third-order valence-corrected chi connectivity index (χ3v) is 8.52. The molecule has 206 valence electrons. The zero-order valence-electron chi connectivity index (χ0n) is 20.9. The Hall–Kier alpha value is -2.96. The van der Waals surface area contributed by atoms with Crippen LogP contribution in [0.25, 0.3) is 17.3 Å². The predicted octanol–water partition coefficient (Wildman–Crippen LogP) is 4.90. The van der Waals surface area contributed by atoms with Gasteiger partial charge < -0.3 is 9.47 Å². The summed E-state index contributed by atoms with van der Waals surface area (Å²) in [6.45, 7) is 1.06. The first-order valence-corrected chi connectivity index (χ1v) is 14.7. The number of nitrogens with zero attached hydrogens (tertiary/aromatic N) is 3. The number of methoxy groups -OCH3 is 1. The molecule has 13 heteroatoms. The average molecular weight is 595 g/mol. The molecule has 1 fully saturated rings. The molecule has 0 radical (unpaired) electrons. The fraction of sp³-hybridized carbons (Fsp3) is 0.308. The Morgan fingerprint density at radius 3 is 2.69 bits per heavy atom. The molecule has 2 aromatic carbocycles. The van der Waals surface area contributed by atoms with E-state index in [1.54, 1.807) is 30.3 Å². The van der Waals surface area contributed by atoms with Gasteiger partial charge in [0.15, 0.2) is 9.84 Å². The van der Waals surface area contributed by atoms with Crippen molar-refractivity contribution in [3.05, 3.63) is 75.1 Å². The van der Waals surface area contributed by atoms with Crippen LogP contribution in [0.1, 0.15) is 29.7 Å². The molecular formula is C26H25Cl2FN4O5S. The normalized spacial score (nSPS) is 19.7. The van der Waals surface area contributed by atoms with Crippen LogP contribution < -0.4 is 10.2 Å². The van der Waals surface area contributed by atoms with E-state index in [0.717, 1.165) is 12.8 Å². The molecule has 1 N–H and O–H groups in total. The number of ether oxygens (including phenoxy) is 2. The van der Waals surface area contributed by atoms with E-state index in [-0.39, 0.29) is 28.3 Å². The largest absolute Gasteiger partial charge is 0.428 e. The minimum atomic E-state index is -3.64. The summed E-state index contributed by atoms with van der Waals surface area (Å²) in [5.74, 6) is -1.27. The summed E-state index contributed by atoms with van der Waals surface area (Å²) in [6.07, 6.45) is 2.56. The van der Waals surface area contributed by atoms with Crippen molar-refractivity contribution in [2.45, 2.75) is 24.6 Å². The molecule has 1 saturated heterocycles. The molecule has 2 aliphatic heterocycles. The van der Waals surface area contributed by atoms with Gasteiger partial charge in [-0.3, -0.25) is 5.43 Å². The molecular weight excluding hydrogens is 570 g/mol. The van der Waals surface area contributed by atoms with Crippen LogP contribution in [0.2, 0.25) is 10.0 Å². The van der Waals surface area contributed by atoms with Crippen molar-refractivity contribution < 1.29 is 27.1 Å². The topological polar surface area (TPSA) is 103 Å². The fourth-order valence-electron chi connectivity index (χ4n) is 4.82. The SMILES string of the molecule is COC[C@H]1CCCN1NC(=O)Oc1nn(-c2ccc(Cl)cc2Cl)c2c1CS(=O)(=O)C/C2=C\c1ccc(F)cc1. The van der Waals surface area contributed by atoms with Gasteiger partial charge in [0.1, 0.15) is 5.82 Å². The first-order valence-electron chi connectivity index (χ1n) is 12.1. The van der Waals surface area contributed by atoms with E-state index in [4.69, 9.17) is 32.7 Å². The van der Waals surface area contributed by atoms with Crippen molar-refractivity contribution in [1.82, 2.24) is 20.2 Å². The summed E-state index contributed by atoms with van der Waals surface area (Å²) in [5, 5.41) is 6.90. The van der Waals surface area contributed by atoms with E-state index in [0.29, 0.717) is 40.7 Å². The molecule has 1 atom stereocenters. The van der Waals surface area contributed by atoms with E-state index >= 15 is 0 Å². The highest BCUT2D eigenvalue weighted by molar-refractivity contribution is 7.91. The molecule has 0 saturated carbocycles. The van der Waals surface area contributed by atoms with Gasteiger partial charge in [0.2, 0.25) is 5.88 Å². The monoisotopic (exact) mass is 594 g/mol. The van der Waals surface area contributed by atoms with Crippen molar-refractivity contribution in [2.24, 2.45) is 0 Å². The van der Waals surface area contributed by atoms with Gasteiger partial charge in [0.25, 0.3) is 0 Å². The van der Waals surface area contributed by atoms with Gasteiger partial charge in [-0.2, -0.15) is 0 Å². The number of rotatable bonds is 6. The number of amides is 1. The number of sulfone groups is 1. The number of fused-ring (bicyclic) bond motifs is 1. The van der Waals surface area contributed by atoms with Crippen LogP contribution in [0.4, 0.5) is 9.18 Å². The summed E-state index contributed by atoms with van der Waals surface area (Å²) in [4.78, 5) is 12.9. The average Bonchev–Trinajstić information content (AvgIpc) is 3.44. The minimum Gasteiger partial charge on any atom is -0.388 e. The second-order valence-corrected chi connectivity index (χ2v) is 12.2. The number of hydrogen-bond acceptors (Lipinski definition) is 7. The van der Waals surface area contributed by atoms with E-state index in [1.807, 2.05) is 0 Å². The van der Waals surface area contributed by atoms with Gasteiger partial charge in [0.05, 0.1) is 46.1 Å². The Morgan fingerprint density at radius 1 is 1.21 bits per heavy atom. The summed E-state index contributed by atoms with van der Waals surface area (Å²) in [5.41, 5.74) is 4.73. The van der Waals surface area contributed by atoms with Crippen molar-refractivity contribution in [3.63, 3.8) is 0 Å². The summed E-state index contributed by atoms with van der Waals surface area (Å²) < 4.78 is 51.8. The molecule has 0 unspecified atom stereocenters. The Balaban J connectivity index is 1.58. The smallest absolute Gasteiger partial charge is 0.388 e. The number of halogens is 3. The standard InChI is InChI=1S/C26H25Cl2FN4O5S/c1-37-13-20-3-2-10-32(20)31-26(34)38-25-21-15-39(35,36)14-17(11-16-4-7-19(29)8-5-16)24(21)33(30-25)23-9-6-18(27)12-22(23)28/h4-9,11-12,20H,2-3,10,13-15H2,1H3,(H,31,34)/b17-11+/t20-/m1/s1. The number of carbonyl (C=O) groups excluding carboxylic acids is 1. The van der Waals surface area contributed by atoms with E-state index in [9.17, 15) is 17.6 Å². The van der Waals surface area contributed by atoms with Gasteiger partial charge in [-0.25, -0.2) is 27.3 Å². The molecule has 9 nitrogen and oxygen atoms in total. The van der Waals surface area contributed by atoms with E-state index in [2.05, 4.69) is 10.5 Å². The quantitative estimate of drug-likeness (QED) is 0.433. The van der Waals surface area contributed by atoms with Crippen LogP contribution in [0, 0.1) is 5.82 Å². The summed E-state index contributed by atoms with van der Waals surface area (Å²) in [7, 11) is -2.05. The molecule has 1 amide bonds. The lowest BCUT2D eigenvalue weighted by Crippen LogP contribution is -2.47. The lowest BCUT2D eigenvalue weighted by Gasteiger charge is -2.23. The number of hydrogen-bond donors (Lipinski definition) is 1. The molecule has 39 heavy (non-hydrogen) atoms. The zero-order chi connectivity index (χ0) is 27.7. The Bertz CT molecular complexity index is 1540. The molecule has 0 spiro atoms. The summed E-state index contributed by atoms with van der Waals surface area (Å²) in [6, 6.07) is 10.4. The van der Waals surface area contributed by atoms with Crippen LogP contribution in [0.15, 0.2) is 42.5 Å². The van der Waals surface area contributed by atoms with Crippen LogP contribution in [0.3, 0.4) is 0 Å². The number of nitrogens with one attached hydrogen (secondary N) is 1. The Morgan fingerprint density at radius 2 is 1.97 bits per heavy atom. The zero-order valence-corrected chi connectivity index (χ0v) is 23.2. The highest BCUT2D eigenvalue weighted by Crippen LogP contribution is 2.39. The lowest BCUT2D eigenvalue weighted by atomic mass is 10.1. The van der Waals surface area contributed by atoms with Gasteiger partial charge in [-0.1, -0.05) is 35.3 Å².